The van der Waals surface area contributed by atoms with E-state index in [9.17, 15) is 0 Å². The molecule has 0 rings (SSSR count). The van der Waals surface area contributed by atoms with Gasteiger partial charge in [0.05, 0.1) is 0 Å². The van der Waals surface area contributed by atoms with Crippen LogP contribution in [0.3, 0.4) is 0 Å². The van der Waals surface area contributed by atoms with Crippen molar-refractivity contribution < 1.29 is 25.9 Å². The number of nitrogens with two attached hydrogens (primary N) is 4. The first-order valence-electron chi connectivity index (χ1n) is 0. The van der Waals surface area contributed by atoms with Gasteiger partial charge in [-0.1, -0.05) is 0 Å². The van der Waals surface area contributed by atoms with Crippen LogP contribution in [0, 0.1) is 0 Å². The average molecular weight is 189 g/mol. The van der Waals surface area contributed by atoms with Crippen LogP contribution in [0.1, 0.15) is 0 Å². The van der Waals surface area contributed by atoms with Crippen LogP contribution in [0.2, 0.25) is 0 Å². The Balaban J connectivity index is 0. The predicted molar refractivity (Wildman–Crippen MR) is 24.8 cm³/mol. The standard InChI is InChI=1S/4H2N.H2O.Pd/h5*1H2;/q4*-1;;. The molecule has 0 saturated heterocycles. The first-order valence-corrected chi connectivity index (χ1v) is 0. The van der Waals surface area contributed by atoms with Gasteiger partial charge in [0.2, 0.25) is 0 Å². The quantitative estimate of drug-likeness (QED) is 0.508. The van der Waals surface area contributed by atoms with Gasteiger partial charge in [0.25, 0.3) is 0 Å². The van der Waals surface area contributed by atoms with Crippen molar-refractivity contribution in [2.24, 2.45) is 0 Å². The van der Waals surface area contributed by atoms with Crippen molar-refractivity contribution in [3.63, 3.8) is 0 Å². The summed E-state index contributed by atoms with van der Waals surface area (Å²) in [5.41, 5.74) is 0. The molecule has 0 aliphatic rings. The van der Waals surface area contributed by atoms with Crippen LogP contribution >= 0.6 is 0 Å². The molecule has 10 N–H and O–H groups in total. The molecule has 6 heavy (non-hydrogen) atoms. The second-order valence-corrected chi connectivity index (χ2v) is 0. The first-order chi connectivity index (χ1) is 0. The van der Waals surface area contributed by atoms with E-state index in [1.54, 1.807) is 0 Å². The summed E-state index contributed by atoms with van der Waals surface area (Å²) in [5.74, 6) is 0. The average Bonchev–Trinajstić information content (AvgIpc) is 0. The fourth-order valence-electron chi connectivity index (χ4n) is 0. The summed E-state index contributed by atoms with van der Waals surface area (Å²) in [5, 5.41) is 0. The summed E-state index contributed by atoms with van der Waals surface area (Å²) >= 11 is 0. The van der Waals surface area contributed by atoms with Gasteiger partial charge in [0.1, 0.15) is 0 Å². The normalized spacial score (nSPS) is 0. The molecule has 0 amide bonds. The topological polar surface area (TPSA) is 166 Å². The Kier molecular flexibility index (Phi) is 76500. The van der Waals surface area contributed by atoms with Crippen molar-refractivity contribution in [2.45, 2.75) is 0 Å². The summed E-state index contributed by atoms with van der Waals surface area (Å²) < 4.78 is 0. The van der Waals surface area contributed by atoms with E-state index < -0.39 is 0 Å². The van der Waals surface area contributed by atoms with Gasteiger partial charge in [-0.05, 0) is 0 Å². The van der Waals surface area contributed by atoms with Gasteiger partial charge in [-0.3, -0.25) is 0 Å². The van der Waals surface area contributed by atoms with Crippen molar-refractivity contribution in [1.82, 2.24) is 0 Å². The van der Waals surface area contributed by atoms with Crippen molar-refractivity contribution >= 4 is 0 Å². The molecule has 0 aromatic heterocycles. The van der Waals surface area contributed by atoms with Gasteiger partial charge in [-0.25, -0.2) is 0 Å². The third-order valence-corrected chi connectivity index (χ3v) is 0. The van der Waals surface area contributed by atoms with Crippen LogP contribution in [0.4, 0.5) is 0 Å². The molecule has 0 radical (unpaired) electrons. The zero-order valence-corrected chi connectivity index (χ0v) is 4.68. The Morgan fingerprint density at radius 1 is 0.500 bits per heavy atom. The van der Waals surface area contributed by atoms with Crippen molar-refractivity contribution in [3.05, 3.63) is 24.6 Å². The molecule has 0 saturated carbocycles. The summed E-state index contributed by atoms with van der Waals surface area (Å²) in [6.07, 6.45) is 0. The third-order valence-electron chi connectivity index (χ3n) is 0. The van der Waals surface area contributed by atoms with Crippen LogP contribution in [-0.2, 0) is 20.4 Å². The van der Waals surface area contributed by atoms with E-state index in [-0.39, 0.29) is 50.5 Å². The van der Waals surface area contributed by atoms with E-state index in [2.05, 4.69) is 0 Å². The molecule has 0 aliphatic carbocycles. The maximum atomic E-state index is 0. The van der Waals surface area contributed by atoms with E-state index in [1.807, 2.05) is 0 Å². The maximum absolute atomic E-state index is 0. The zero-order valence-electron chi connectivity index (χ0n) is 3.13. The van der Waals surface area contributed by atoms with Crippen molar-refractivity contribution in [2.75, 3.05) is 0 Å². The maximum Gasteiger partial charge on any atom is 0 e. The largest absolute Gasteiger partial charge is 0.693 e. The summed E-state index contributed by atoms with van der Waals surface area (Å²) in [4.78, 5) is 0. The molecule has 0 heterocycles. The first kappa shape index (κ1) is 902. The number of hydrogen-bond acceptors (Lipinski definition) is 0. The Bertz CT molecular complexity index is 7.51. The molecule has 0 unspecified atom stereocenters. The van der Waals surface area contributed by atoms with E-state index >= 15 is 0 Å². The molecule has 0 fully saturated rings. The Morgan fingerprint density at radius 2 is 0.500 bits per heavy atom. The van der Waals surface area contributed by atoms with Crippen molar-refractivity contribution in [1.29, 1.82) is 0 Å². The van der Waals surface area contributed by atoms with Crippen LogP contribution < -0.4 is 0 Å². The molecule has 50 valence electrons. The van der Waals surface area contributed by atoms with E-state index in [1.165, 1.54) is 0 Å². The Hall–Kier alpha value is 0.462. The fraction of sp³-hybridized carbons (Fsp3) is 0. The Morgan fingerprint density at radius 3 is 0.500 bits per heavy atom. The van der Waals surface area contributed by atoms with Gasteiger partial charge in [-0.2, -0.15) is 0 Å². The van der Waals surface area contributed by atoms with Gasteiger partial charge >= 0.3 is 0 Å². The van der Waals surface area contributed by atoms with Crippen LogP contribution in [0.25, 0.3) is 24.6 Å². The molecule has 0 spiro atoms. The summed E-state index contributed by atoms with van der Waals surface area (Å²) in [6, 6.07) is 0. The van der Waals surface area contributed by atoms with Crippen LogP contribution in [0.5, 0.6) is 0 Å². The monoisotopic (exact) mass is 188 g/mol. The number of hydrogen-bond donors (Lipinski definition) is 0. The molecular weight excluding hydrogens is 178 g/mol. The van der Waals surface area contributed by atoms with Crippen molar-refractivity contribution in [3.8, 4) is 0 Å². The molecule has 0 atom stereocenters. The molecule has 0 aromatic carbocycles. The predicted octanol–water partition coefficient (Wildman–Crippen LogP) is 2.04. The second kappa shape index (κ2) is 509. The fourth-order valence-corrected chi connectivity index (χ4v) is 0. The summed E-state index contributed by atoms with van der Waals surface area (Å²) in [7, 11) is 0. The second-order valence-electron chi connectivity index (χ2n) is 0. The summed E-state index contributed by atoms with van der Waals surface area (Å²) in [6.45, 7) is 0. The molecular formula is H10N4OPd-4. The van der Waals surface area contributed by atoms with E-state index in [0.717, 1.165) is 0 Å². The zero-order chi connectivity index (χ0) is 0. The van der Waals surface area contributed by atoms with Gasteiger partial charge in [-0.15, -0.1) is 0 Å². The minimum Gasteiger partial charge on any atom is -0.693 e. The van der Waals surface area contributed by atoms with Gasteiger partial charge < -0.3 is 30.1 Å². The molecule has 0 bridgehead atoms. The minimum atomic E-state index is 0. The Labute approximate surface area is 51.2 Å². The number of rotatable bonds is 0. The van der Waals surface area contributed by atoms with Gasteiger partial charge in [0, 0.05) is 20.4 Å². The molecule has 6 heteroatoms. The molecule has 0 aliphatic heterocycles. The minimum absolute atomic E-state index is 0. The van der Waals surface area contributed by atoms with E-state index in [0.29, 0.717) is 0 Å². The van der Waals surface area contributed by atoms with Gasteiger partial charge in [0.15, 0.2) is 0 Å². The van der Waals surface area contributed by atoms with E-state index in [4.69, 9.17) is 0 Å². The molecule has 5 nitrogen and oxygen atoms in total. The SMILES string of the molecule is O.[NH2-].[NH2-].[NH2-].[NH2-].[Pd]. The van der Waals surface area contributed by atoms with Crippen LogP contribution in [-0.4, -0.2) is 5.48 Å². The molecule has 0 aromatic rings. The smallest absolute Gasteiger partial charge is 0 e. The third kappa shape index (κ3) is 250. The van der Waals surface area contributed by atoms with Crippen LogP contribution in [0.15, 0.2) is 0 Å².